The summed E-state index contributed by atoms with van der Waals surface area (Å²) in [5, 5.41) is 6.42. The largest absolute Gasteiger partial charge is 0.376 e. The maximum atomic E-state index is 12.1. The number of nitrogens with one attached hydrogen (secondary N) is 2. The summed E-state index contributed by atoms with van der Waals surface area (Å²) in [4.78, 5) is 12.1. The van der Waals surface area contributed by atoms with Crippen molar-refractivity contribution in [3.63, 3.8) is 0 Å². The average molecular weight is 274 g/mol. The first-order valence-corrected chi connectivity index (χ1v) is 7.67. The van der Waals surface area contributed by atoms with Crippen molar-refractivity contribution in [3.05, 3.63) is 29.3 Å². The van der Waals surface area contributed by atoms with Gasteiger partial charge in [0.2, 0.25) is 5.91 Å². The highest BCUT2D eigenvalue weighted by atomic mass is 16.1. The molecule has 0 heterocycles. The Morgan fingerprint density at radius 2 is 2.00 bits per heavy atom. The zero-order chi connectivity index (χ0) is 14.5. The molecule has 0 spiro atoms. The molecule has 1 fully saturated rings. The summed E-state index contributed by atoms with van der Waals surface area (Å²) in [5.74, 6) is 0.707. The monoisotopic (exact) mass is 274 g/mol. The molecule has 0 bridgehead atoms. The second-order valence-electron chi connectivity index (χ2n) is 6.11. The number of carbonyl (C=O) groups excluding carboxylic acids is 1. The van der Waals surface area contributed by atoms with Crippen molar-refractivity contribution in [1.82, 2.24) is 5.32 Å². The van der Waals surface area contributed by atoms with E-state index >= 15 is 0 Å². The van der Waals surface area contributed by atoms with Gasteiger partial charge >= 0.3 is 0 Å². The molecule has 1 aliphatic carbocycles. The lowest BCUT2D eigenvalue weighted by Gasteiger charge is -2.29. The van der Waals surface area contributed by atoms with E-state index < -0.39 is 0 Å². The topological polar surface area (TPSA) is 41.1 Å². The summed E-state index contributed by atoms with van der Waals surface area (Å²) in [6.45, 7) is 6.72. The van der Waals surface area contributed by atoms with Gasteiger partial charge in [0.15, 0.2) is 0 Å². The lowest BCUT2D eigenvalue weighted by Crippen LogP contribution is -2.43. The second kappa shape index (κ2) is 6.78. The number of anilines is 1. The van der Waals surface area contributed by atoms with Gasteiger partial charge in [-0.05, 0) is 49.8 Å². The van der Waals surface area contributed by atoms with Crippen LogP contribution in [0.3, 0.4) is 0 Å². The molecule has 1 saturated carbocycles. The van der Waals surface area contributed by atoms with Crippen LogP contribution >= 0.6 is 0 Å². The van der Waals surface area contributed by atoms with Gasteiger partial charge in [-0.15, -0.1) is 0 Å². The van der Waals surface area contributed by atoms with Crippen LogP contribution in [0.5, 0.6) is 0 Å². The summed E-state index contributed by atoms with van der Waals surface area (Å²) in [5.41, 5.74) is 3.44. The first-order valence-electron chi connectivity index (χ1n) is 7.67. The van der Waals surface area contributed by atoms with Gasteiger partial charge in [0, 0.05) is 11.7 Å². The fourth-order valence-electron chi connectivity index (χ4n) is 2.89. The smallest absolute Gasteiger partial charge is 0.239 e. The maximum absolute atomic E-state index is 12.1. The molecule has 1 amide bonds. The van der Waals surface area contributed by atoms with Crippen LogP contribution in [0.15, 0.2) is 18.2 Å². The summed E-state index contributed by atoms with van der Waals surface area (Å²) in [7, 11) is 0. The SMILES string of the molecule is Cc1ccc(C)c(NCC(=O)N[C@@H]2CCCC[C@@H]2C)c1. The first kappa shape index (κ1) is 14.9. The van der Waals surface area contributed by atoms with E-state index in [1.165, 1.54) is 30.4 Å². The molecule has 2 N–H and O–H groups in total. The Balaban J connectivity index is 1.84. The molecule has 3 nitrogen and oxygen atoms in total. The van der Waals surface area contributed by atoms with Crippen molar-refractivity contribution in [3.8, 4) is 0 Å². The minimum absolute atomic E-state index is 0.102. The summed E-state index contributed by atoms with van der Waals surface area (Å²) in [6, 6.07) is 6.62. The first-order chi connectivity index (χ1) is 9.56. The van der Waals surface area contributed by atoms with Gasteiger partial charge in [0.05, 0.1) is 6.54 Å². The number of rotatable bonds is 4. The Hall–Kier alpha value is -1.51. The summed E-state index contributed by atoms with van der Waals surface area (Å²) >= 11 is 0. The summed E-state index contributed by atoms with van der Waals surface area (Å²) < 4.78 is 0. The third-order valence-corrected chi connectivity index (χ3v) is 4.29. The Kier molecular flexibility index (Phi) is 5.05. The van der Waals surface area contributed by atoms with Gasteiger partial charge in [0.25, 0.3) is 0 Å². The van der Waals surface area contributed by atoms with Crippen molar-refractivity contribution in [1.29, 1.82) is 0 Å². The van der Waals surface area contributed by atoms with Crippen LogP contribution in [0.1, 0.15) is 43.7 Å². The van der Waals surface area contributed by atoms with Crippen LogP contribution in [-0.2, 0) is 4.79 Å². The molecule has 0 aliphatic heterocycles. The Labute approximate surface area is 122 Å². The molecule has 110 valence electrons. The van der Waals surface area contributed by atoms with Crippen LogP contribution in [-0.4, -0.2) is 18.5 Å². The van der Waals surface area contributed by atoms with Crippen LogP contribution in [0, 0.1) is 19.8 Å². The van der Waals surface area contributed by atoms with Gasteiger partial charge in [0.1, 0.15) is 0 Å². The molecule has 20 heavy (non-hydrogen) atoms. The zero-order valence-electron chi connectivity index (χ0n) is 12.8. The Bertz CT molecular complexity index is 470. The molecule has 0 unspecified atom stereocenters. The normalized spacial score (nSPS) is 22.4. The van der Waals surface area contributed by atoms with Crippen LogP contribution in [0.25, 0.3) is 0 Å². The Morgan fingerprint density at radius 3 is 2.75 bits per heavy atom. The van der Waals surface area contributed by atoms with Crippen molar-refractivity contribution < 1.29 is 4.79 Å². The number of hydrogen-bond acceptors (Lipinski definition) is 2. The fourth-order valence-corrected chi connectivity index (χ4v) is 2.89. The predicted molar refractivity (Wildman–Crippen MR) is 84.0 cm³/mol. The third kappa shape index (κ3) is 3.99. The molecular formula is C17H26N2O. The molecule has 2 rings (SSSR count). The molecule has 1 aromatic rings. The molecule has 0 radical (unpaired) electrons. The van der Waals surface area contributed by atoms with E-state index in [1.807, 2.05) is 0 Å². The number of aryl methyl sites for hydroxylation is 2. The predicted octanol–water partition coefficient (Wildman–Crippen LogP) is 3.41. The van der Waals surface area contributed by atoms with E-state index in [-0.39, 0.29) is 5.91 Å². The zero-order valence-corrected chi connectivity index (χ0v) is 12.8. The van der Waals surface area contributed by atoms with E-state index in [0.717, 1.165) is 12.1 Å². The molecule has 2 atom stereocenters. The van der Waals surface area contributed by atoms with E-state index in [4.69, 9.17) is 0 Å². The highest BCUT2D eigenvalue weighted by molar-refractivity contribution is 5.81. The fraction of sp³-hybridized carbons (Fsp3) is 0.588. The molecule has 3 heteroatoms. The van der Waals surface area contributed by atoms with Gasteiger partial charge in [-0.25, -0.2) is 0 Å². The molecule has 1 aliphatic rings. The van der Waals surface area contributed by atoms with Gasteiger partial charge < -0.3 is 10.6 Å². The lowest BCUT2D eigenvalue weighted by molar-refractivity contribution is -0.120. The van der Waals surface area contributed by atoms with Gasteiger partial charge in [-0.3, -0.25) is 4.79 Å². The van der Waals surface area contributed by atoms with E-state index in [9.17, 15) is 4.79 Å². The maximum Gasteiger partial charge on any atom is 0.239 e. The van der Waals surface area contributed by atoms with Crippen molar-refractivity contribution in [2.45, 2.75) is 52.5 Å². The van der Waals surface area contributed by atoms with Crippen molar-refractivity contribution >= 4 is 11.6 Å². The quantitative estimate of drug-likeness (QED) is 0.883. The number of amides is 1. The molecule has 1 aromatic carbocycles. The average Bonchev–Trinajstić information content (AvgIpc) is 2.42. The number of benzene rings is 1. The van der Waals surface area contributed by atoms with E-state index in [2.05, 4.69) is 49.6 Å². The minimum Gasteiger partial charge on any atom is -0.376 e. The number of hydrogen-bond donors (Lipinski definition) is 2. The minimum atomic E-state index is 0.102. The van der Waals surface area contributed by atoms with Crippen molar-refractivity contribution in [2.75, 3.05) is 11.9 Å². The van der Waals surface area contributed by atoms with Crippen LogP contribution < -0.4 is 10.6 Å². The summed E-state index contributed by atoms with van der Waals surface area (Å²) in [6.07, 6.45) is 4.89. The van der Waals surface area contributed by atoms with Gasteiger partial charge in [-0.1, -0.05) is 31.9 Å². The van der Waals surface area contributed by atoms with Crippen LogP contribution in [0.2, 0.25) is 0 Å². The number of carbonyl (C=O) groups is 1. The van der Waals surface area contributed by atoms with Gasteiger partial charge in [-0.2, -0.15) is 0 Å². The van der Waals surface area contributed by atoms with Crippen molar-refractivity contribution in [2.24, 2.45) is 5.92 Å². The van der Waals surface area contributed by atoms with Crippen LogP contribution in [0.4, 0.5) is 5.69 Å². The van der Waals surface area contributed by atoms with E-state index in [1.54, 1.807) is 0 Å². The lowest BCUT2D eigenvalue weighted by atomic mass is 9.86. The second-order valence-corrected chi connectivity index (χ2v) is 6.11. The Morgan fingerprint density at radius 1 is 1.25 bits per heavy atom. The van der Waals surface area contributed by atoms with E-state index in [0.29, 0.717) is 18.5 Å². The molecular weight excluding hydrogens is 248 g/mol. The molecule has 0 aromatic heterocycles. The standard InChI is InChI=1S/C17H26N2O/c1-12-8-9-14(3)16(10-12)18-11-17(20)19-15-7-5-4-6-13(15)2/h8-10,13,15,18H,4-7,11H2,1-3H3,(H,19,20)/t13-,15+/m0/s1. The third-order valence-electron chi connectivity index (χ3n) is 4.29. The highest BCUT2D eigenvalue weighted by Gasteiger charge is 2.22. The highest BCUT2D eigenvalue weighted by Crippen LogP contribution is 2.23. The molecule has 0 saturated heterocycles.